The second-order valence-corrected chi connectivity index (χ2v) is 12.8. The van der Waals surface area contributed by atoms with E-state index in [4.69, 9.17) is 14.3 Å². The fourth-order valence-corrected chi connectivity index (χ4v) is 6.97. The van der Waals surface area contributed by atoms with Crippen molar-refractivity contribution in [3.05, 3.63) is 64.7 Å². The molecular weight excluding hydrogens is 571 g/mol. The fourth-order valence-electron chi connectivity index (χ4n) is 5.69. The number of sulfonamides is 1. The lowest BCUT2D eigenvalue weighted by atomic mass is 9.94. The molecule has 1 aliphatic carbocycles. The Morgan fingerprint density at radius 3 is 2.56 bits per heavy atom. The Kier molecular flexibility index (Phi) is 8.25. The van der Waals surface area contributed by atoms with Crippen molar-refractivity contribution in [2.24, 2.45) is 4.99 Å². The number of methoxy groups -OCH3 is 1. The summed E-state index contributed by atoms with van der Waals surface area (Å²) in [7, 11) is -2.70. The van der Waals surface area contributed by atoms with Crippen LogP contribution in [0.2, 0.25) is 0 Å². The number of aliphatic imine (C=N–C) groups is 1. The maximum atomic E-state index is 16.3. The van der Waals surface area contributed by atoms with Crippen LogP contribution < -0.4 is 4.72 Å². The molecule has 1 spiro atoms. The van der Waals surface area contributed by atoms with Crippen LogP contribution in [-0.4, -0.2) is 49.5 Å². The van der Waals surface area contributed by atoms with E-state index in [1.54, 1.807) is 32.0 Å². The van der Waals surface area contributed by atoms with Gasteiger partial charge in [-0.3, -0.25) is 19.4 Å². The molecule has 1 aromatic heterocycles. The van der Waals surface area contributed by atoms with E-state index in [0.29, 0.717) is 48.4 Å². The van der Waals surface area contributed by atoms with Crippen molar-refractivity contribution in [2.45, 2.75) is 89.1 Å². The molecule has 0 bridgehead atoms. The van der Waals surface area contributed by atoms with Crippen molar-refractivity contribution in [1.29, 1.82) is 0 Å². The number of nitrogens with zero attached hydrogens (tertiary/aromatic N) is 3. The summed E-state index contributed by atoms with van der Waals surface area (Å²) < 4.78 is 74.8. The average molecular weight is 613 g/mol. The summed E-state index contributed by atoms with van der Waals surface area (Å²) in [6.07, 6.45) is 4.91. The summed E-state index contributed by atoms with van der Waals surface area (Å²) in [6, 6.07) is 8.71. The van der Waals surface area contributed by atoms with Crippen LogP contribution in [0.15, 0.2) is 50.8 Å². The molecule has 2 aromatic carbocycles. The maximum Gasteiger partial charge on any atom is 0.263 e. The van der Waals surface area contributed by atoms with Crippen molar-refractivity contribution < 1.29 is 29.6 Å². The van der Waals surface area contributed by atoms with Crippen LogP contribution in [-0.2, 0) is 32.5 Å². The van der Waals surface area contributed by atoms with Gasteiger partial charge in [0.25, 0.3) is 15.9 Å². The van der Waals surface area contributed by atoms with Crippen LogP contribution in [0.5, 0.6) is 0 Å². The Morgan fingerprint density at radius 1 is 1.14 bits per heavy atom. The van der Waals surface area contributed by atoms with Gasteiger partial charge in [0.15, 0.2) is 5.82 Å². The average Bonchev–Trinajstić information content (AvgIpc) is 3.69. The summed E-state index contributed by atoms with van der Waals surface area (Å²) in [4.78, 5) is 19.6. The van der Waals surface area contributed by atoms with Crippen LogP contribution in [0.1, 0.15) is 77.1 Å². The van der Waals surface area contributed by atoms with Crippen LogP contribution in [0.25, 0.3) is 11.1 Å². The predicted molar refractivity (Wildman–Crippen MR) is 163 cm³/mol. The van der Waals surface area contributed by atoms with Crippen molar-refractivity contribution in [3.63, 3.8) is 0 Å². The molecule has 2 heterocycles. The van der Waals surface area contributed by atoms with Gasteiger partial charge < -0.3 is 9.26 Å². The third-order valence-corrected chi connectivity index (χ3v) is 9.64. The van der Waals surface area contributed by atoms with Gasteiger partial charge in [0.2, 0.25) is 0 Å². The summed E-state index contributed by atoms with van der Waals surface area (Å²) in [6.45, 7) is 3.01. The molecule has 43 heavy (non-hydrogen) atoms. The molecular formula is C32H39FN4O5S. The number of rotatable bonds is 12. The van der Waals surface area contributed by atoms with Crippen molar-refractivity contribution >= 4 is 27.6 Å². The van der Waals surface area contributed by atoms with Gasteiger partial charge in [-0.2, -0.15) is 0 Å². The molecule has 0 radical (unpaired) electrons. The molecule has 3 aromatic rings. The minimum atomic E-state index is -4.21. The van der Waals surface area contributed by atoms with Crippen molar-refractivity contribution in [2.75, 3.05) is 18.4 Å². The fraction of sp³-hybridized carbons (Fsp3) is 0.469. The number of amidine groups is 1. The number of unbranched alkanes of at least 4 members (excludes halogenated alkanes) is 1. The second kappa shape index (κ2) is 12.6. The van der Waals surface area contributed by atoms with Crippen LogP contribution in [0.3, 0.4) is 0 Å². The molecule has 2 aliphatic rings. The molecule has 9 nitrogen and oxygen atoms in total. The van der Waals surface area contributed by atoms with E-state index in [-0.39, 0.29) is 40.4 Å². The molecule has 0 saturated heterocycles. The minimum Gasteiger partial charge on any atom is -0.384 e. The highest BCUT2D eigenvalue weighted by Crippen LogP contribution is 2.41. The number of aromatic nitrogens is 1. The first-order valence-corrected chi connectivity index (χ1v) is 16.1. The van der Waals surface area contributed by atoms with Gasteiger partial charge in [0, 0.05) is 30.2 Å². The number of aryl methyl sites for hydroxylation is 1. The molecule has 1 amide bonds. The van der Waals surface area contributed by atoms with Gasteiger partial charge in [-0.15, -0.1) is 0 Å². The highest BCUT2D eigenvalue weighted by molar-refractivity contribution is 7.92. The molecule has 5 rings (SSSR count). The number of anilines is 1. The van der Waals surface area contributed by atoms with E-state index in [1.807, 2.05) is 6.92 Å². The number of hydrogen-bond acceptors (Lipinski definition) is 7. The first-order chi connectivity index (χ1) is 21.4. The third-order valence-electron chi connectivity index (χ3n) is 8.24. The number of carbonyl (C=O) groups is 1. The van der Waals surface area contributed by atoms with Gasteiger partial charge in [0.1, 0.15) is 23.0 Å². The smallest absolute Gasteiger partial charge is 0.263 e. The summed E-state index contributed by atoms with van der Waals surface area (Å²) in [5, 5.41) is 3.81. The van der Waals surface area contributed by atoms with Gasteiger partial charge >= 0.3 is 0 Å². The predicted octanol–water partition coefficient (Wildman–Crippen LogP) is 6.33. The Bertz CT molecular complexity index is 1730. The quantitative estimate of drug-likeness (QED) is 0.256. The molecule has 1 N–H and O–H groups in total. The Balaban J connectivity index is 1.60. The van der Waals surface area contributed by atoms with Gasteiger partial charge in [-0.25, -0.2) is 12.8 Å². The Morgan fingerprint density at radius 2 is 1.88 bits per heavy atom. The van der Waals surface area contributed by atoms with Crippen LogP contribution in [0, 0.1) is 19.7 Å². The number of ether oxygens (including phenoxy) is 1. The van der Waals surface area contributed by atoms with E-state index in [1.165, 1.54) is 19.2 Å². The lowest BCUT2D eigenvalue weighted by molar-refractivity contribution is -0.131. The topological polar surface area (TPSA) is 114 Å². The van der Waals surface area contributed by atoms with E-state index in [2.05, 4.69) is 9.88 Å². The summed E-state index contributed by atoms with van der Waals surface area (Å²) in [5.41, 5.74) is 0.157. The monoisotopic (exact) mass is 612 g/mol. The molecule has 1 fully saturated rings. The molecule has 230 valence electrons. The second-order valence-electron chi connectivity index (χ2n) is 11.2. The largest absolute Gasteiger partial charge is 0.384 e. The molecule has 1 saturated carbocycles. The Hall–Kier alpha value is -3.57. The first kappa shape index (κ1) is 28.2. The van der Waals surface area contributed by atoms with Crippen LogP contribution >= 0.6 is 0 Å². The number of amides is 1. The van der Waals surface area contributed by atoms with E-state index in [9.17, 15) is 16.0 Å². The van der Waals surface area contributed by atoms with Gasteiger partial charge in [-0.1, -0.05) is 55.6 Å². The van der Waals surface area contributed by atoms with Crippen molar-refractivity contribution in [1.82, 2.24) is 10.1 Å². The highest BCUT2D eigenvalue weighted by atomic mass is 32.2. The lowest BCUT2D eigenvalue weighted by Crippen LogP contribution is -2.40. The first-order valence-electron chi connectivity index (χ1n) is 15.7. The lowest BCUT2D eigenvalue weighted by Gasteiger charge is -2.24. The zero-order chi connectivity index (χ0) is 32.6. The minimum absolute atomic E-state index is 0.0486. The zero-order valence-corrected chi connectivity index (χ0v) is 25.8. The highest BCUT2D eigenvalue weighted by Gasteiger charge is 2.49. The van der Waals surface area contributed by atoms with Crippen LogP contribution in [0.4, 0.5) is 10.2 Å². The summed E-state index contributed by atoms with van der Waals surface area (Å²) in [5.74, 6) is -0.481. The molecule has 0 atom stereocenters. The summed E-state index contributed by atoms with van der Waals surface area (Å²) >= 11 is 0. The normalized spacial score (nSPS) is 17.4. The molecule has 0 unspecified atom stereocenters. The maximum absolute atomic E-state index is 16.3. The number of nitrogens with one attached hydrogen (secondary N) is 1. The SMILES string of the molecule is [2H]C([2H])(c1cc(CCOC)c(-c2ccccc2S(=O)(=O)Nc2noc(C)c2C)cc1F)N1C(=O)C2(CCCC2)N=C1CCCC. The zero-order valence-electron chi connectivity index (χ0n) is 27.0. The van der Waals surface area contributed by atoms with E-state index < -0.39 is 33.8 Å². The van der Waals surface area contributed by atoms with E-state index in [0.717, 1.165) is 30.2 Å². The number of carbonyl (C=O) groups excluding carboxylic acids is 1. The van der Waals surface area contributed by atoms with Crippen molar-refractivity contribution in [3.8, 4) is 11.1 Å². The molecule has 1 aliphatic heterocycles. The standard InChI is InChI=1S/C32H39FN4O5S/c1-5-6-13-29-34-32(15-9-10-16-32)31(38)37(29)20-24-18-23(14-17-41-4)26(19-27(24)33)25-11-7-8-12-28(25)43(39,40)36-30-21(2)22(3)42-35-30/h7-8,11-12,18-19H,5-6,9-10,13-17,20H2,1-4H3,(H,35,36)/i20D2. The Labute approximate surface area is 255 Å². The molecule has 11 heteroatoms. The number of hydrogen-bond donors (Lipinski definition) is 1. The van der Waals surface area contributed by atoms with Gasteiger partial charge in [0.05, 0.1) is 20.7 Å². The number of benzene rings is 2. The number of halogens is 1. The third kappa shape index (κ3) is 6.10. The van der Waals surface area contributed by atoms with Gasteiger partial charge in [-0.05, 0) is 62.8 Å². The van der Waals surface area contributed by atoms with E-state index >= 15 is 4.39 Å².